The summed E-state index contributed by atoms with van der Waals surface area (Å²) in [7, 11) is -3.63. The van der Waals surface area contributed by atoms with Gasteiger partial charge >= 0.3 is 0 Å². The van der Waals surface area contributed by atoms with Crippen molar-refractivity contribution in [1.29, 1.82) is 0 Å². The molecule has 2 aromatic rings. The smallest absolute Gasteiger partial charge is 0.261 e. The highest BCUT2D eigenvalue weighted by Gasteiger charge is 2.22. The number of likely N-dealkylation sites (tertiary alicyclic amines) is 1. The molecule has 4 rings (SSSR count). The van der Waals surface area contributed by atoms with Gasteiger partial charge in [-0.15, -0.1) is 0 Å². The molecule has 0 amide bonds. The molecule has 0 atom stereocenters. The van der Waals surface area contributed by atoms with Crippen LogP contribution >= 0.6 is 0 Å². The number of benzene rings is 2. The van der Waals surface area contributed by atoms with Crippen LogP contribution in [0.15, 0.2) is 52.9 Å². The van der Waals surface area contributed by atoms with E-state index >= 15 is 0 Å². The normalized spacial score (nSPS) is 17.2. The van der Waals surface area contributed by atoms with Crippen LogP contribution in [0, 0.1) is 0 Å². The van der Waals surface area contributed by atoms with E-state index in [1.807, 2.05) is 18.2 Å². The molecule has 28 heavy (non-hydrogen) atoms. The van der Waals surface area contributed by atoms with E-state index in [2.05, 4.69) is 16.5 Å². The Morgan fingerprint density at radius 2 is 1.79 bits per heavy atom. The van der Waals surface area contributed by atoms with Gasteiger partial charge in [-0.3, -0.25) is 4.72 Å². The Hall–Kier alpha value is -2.31. The van der Waals surface area contributed by atoms with Gasteiger partial charge in [0.25, 0.3) is 10.0 Å². The van der Waals surface area contributed by atoms with Gasteiger partial charge in [0.2, 0.25) is 0 Å². The summed E-state index contributed by atoms with van der Waals surface area (Å²) < 4.78 is 28.1. The second-order valence-electron chi connectivity index (χ2n) is 7.78. The highest BCUT2D eigenvalue weighted by molar-refractivity contribution is 7.92. The van der Waals surface area contributed by atoms with Crippen LogP contribution in [0.2, 0.25) is 0 Å². The topological polar surface area (TPSA) is 75.4 Å². The molecule has 1 fully saturated rings. The molecule has 0 bridgehead atoms. The van der Waals surface area contributed by atoms with Crippen molar-refractivity contribution < 1.29 is 8.42 Å². The standard InChI is InChI=1S/C22H27N3O2S/c1-16-14-17-4-7-19(24-28(26,27)20-8-5-18(23)6-9-20)15-22(17)21(16)10-13-25-11-2-3-12-25/h4-9,15,24H,2-3,10-14,23H2,1H3. The Labute approximate surface area is 167 Å². The molecule has 2 aliphatic rings. The number of allylic oxidation sites excluding steroid dienone is 1. The number of hydrogen-bond donors (Lipinski definition) is 2. The summed E-state index contributed by atoms with van der Waals surface area (Å²) >= 11 is 0. The third kappa shape index (κ3) is 3.93. The monoisotopic (exact) mass is 397 g/mol. The van der Waals surface area contributed by atoms with Gasteiger partial charge in [-0.1, -0.05) is 11.6 Å². The second kappa shape index (κ2) is 7.60. The van der Waals surface area contributed by atoms with Crippen LogP contribution in [-0.4, -0.2) is 33.0 Å². The maximum atomic E-state index is 12.7. The number of rotatable bonds is 6. The minimum Gasteiger partial charge on any atom is -0.399 e. The molecule has 1 saturated heterocycles. The van der Waals surface area contributed by atoms with E-state index in [1.165, 1.54) is 60.3 Å². The number of nitrogen functional groups attached to an aromatic ring is 1. The third-order valence-electron chi connectivity index (χ3n) is 5.73. The lowest BCUT2D eigenvalue weighted by Crippen LogP contribution is -2.20. The van der Waals surface area contributed by atoms with E-state index in [1.54, 1.807) is 12.1 Å². The van der Waals surface area contributed by atoms with Crippen molar-refractivity contribution in [2.45, 2.75) is 37.5 Å². The van der Waals surface area contributed by atoms with Gasteiger partial charge in [-0.2, -0.15) is 0 Å². The van der Waals surface area contributed by atoms with Crippen molar-refractivity contribution in [3.05, 3.63) is 59.2 Å². The van der Waals surface area contributed by atoms with Gasteiger partial charge in [0.15, 0.2) is 0 Å². The molecule has 0 radical (unpaired) electrons. The third-order valence-corrected chi connectivity index (χ3v) is 7.12. The van der Waals surface area contributed by atoms with Gasteiger partial charge in [-0.25, -0.2) is 8.42 Å². The Morgan fingerprint density at radius 3 is 2.50 bits per heavy atom. The van der Waals surface area contributed by atoms with Gasteiger partial charge in [0.05, 0.1) is 4.90 Å². The Bertz CT molecular complexity index is 1000. The lowest BCUT2D eigenvalue weighted by atomic mass is 10.0. The first kappa shape index (κ1) is 19.0. The molecule has 2 aromatic carbocycles. The van der Waals surface area contributed by atoms with Crippen molar-refractivity contribution in [3.63, 3.8) is 0 Å². The maximum absolute atomic E-state index is 12.7. The fourth-order valence-corrected chi connectivity index (χ4v) is 5.23. The summed E-state index contributed by atoms with van der Waals surface area (Å²) in [5, 5.41) is 0. The van der Waals surface area contributed by atoms with Crippen LogP contribution < -0.4 is 10.5 Å². The van der Waals surface area contributed by atoms with Gasteiger partial charge in [0, 0.05) is 17.9 Å². The zero-order valence-corrected chi connectivity index (χ0v) is 17.1. The van der Waals surface area contributed by atoms with Gasteiger partial charge in [0.1, 0.15) is 0 Å². The summed E-state index contributed by atoms with van der Waals surface area (Å²) in [4.78, 5) is 2.73. The molecule has 0 aromatic heterocycles. The number of fused-ring (bicyclic) bond motifs is 1. The molecule has 5 nitrogen and oxygen atoms in total. The molecule has 3 N–H and O–H groups in total. The highest BCUT2D eigenvalue weighted by atomic mass is 32.2. The molecule has 0 unspecified atom stereocenters. The average molecular weight is 398 g/mol. The summed E-state index contributed by atoms with van der Waals surface area (Å²) in [6.07, 6.45) is 4.57. The minimum atomic E-state index is -3.63. The number of nitrogens with two attached hydrogens (primary N) is 1. The molecule has 6 heteroatoms. The number of nitrogens with zero attached hydrogens (tertiary/aromatic N) is 1. The van der Waals surface area contributed by atoms with Crippen LogP contribution in [0.1, 0.15) is 37.3 Å². The molecule has 148 valence electrons. The second-order valence-corrected chi connectivity index (χ2v) is 9.46. The van der Waals surface area contributed by atoms with E-state index in [-0.39, 0.29) is 4.90 Å². The molecular weight excluding hydrogens is 370 g/mol. The van der Waals surface area contributed by atoms with Crippen LogP contribution in [0.25, 0.3) is 5.57 Å². The summed E-state index contributed by atoms with van der Waals surface area (Å²) in [6.45, 7) is 5.66. The van der Waals surface area contributed by atoms with E-state index < -0.39 is 10.0 Å². The zero-order valence-electron chi connectivity index (χ0n) is 16.2. The molecule has 1 aliphatic heterocycles. The molecule has 0 spiro atoms. The first-order valence-electron chi connectivity index (χ1n) is 9.85. The number of sulfonamides is 1. The van der Waals surface area contributed by atoms with Crippen LogP contribution in [0.4, 0.5) is 11.4 Å². The van der Waals surface area contributed by atoms with E-state index in [9.17, 15) is 8.42 Å². The fourth-order valence-electron chi connectivity index (χ4n) is 4.18. The van der Waals surface area contributed by atoms with Crippen molar-refractivity contribution in [2.75, 3.05) is 30.1 Å². The van der Waals surface area contributed by atoms with Crippen molar-refractivity contribution >= 4 is 27.0 Å². The van der Waals surface area contributed by atoms with Crippen molar-refractivity contribution in [1.82, 2.24) is 4.90 Å². The minimum absolute atomic E-state index is 0.211. The predicted octanol–water partition coefficient (Wildman–Crippen LogP) is 3.89. The number of anilines is 2. The Morgan fingerprint density at radius 1 is 1.07 bits per heavy atom. The maximum Gasteiger partial charge on any atom is 0.261 e. The lowest BCUT2D eigenvalue weighted by Gasteiger charge is -2.16. The Balaban J connectivity index is 1.54. The van der Waals surface area contributed by atoms with E-state index in [0.717, 1.165) is 19.4 Å². The van der Waals surface area contributed by atoms with E-state index in [4.69, 9.17) is 5.73 Å². The zero-order chi connectivity index (χ0) is 19.7. The van der Waals surface area contributed by atoms with Crippen LogP contribution in [0.5, 0.6) is 0 Å². The quantitative estimate of drug-likeness (QED) is 0.725. The molecular formula is C22H27N3O2S. The first-order valence-corrected chi connectivity index (χ1v) is 11.3. The molecule has 1 heterocycles. The number of hydrogen-bond acceptors (Lipinski definition) is 4. The summed E-state index contributed by atoms with van der Waals surface area (Å²) in [6, 6.07) is 12.1. The van der Waals surface area contributed by atoms with Gasteiger partial charge < -0.3 is 10.6 Å². The molecule has 1 aliphatic carbocycles. The number of nitrogens with one attached hydrogen (secondary N) is 1. The molecule has 0 saturated carbocycles. The SMILES string of the molecule is CC1=C(CCN2CCCC2)c2cc(NS(=O)(=O)c3ccc(N)cc3)ccc2C1. The predicted molar refractivity (Wildman–Crippen MR) is 115 cm³/mol. The van der Waals surface area contributed by atoms with E-state index in [0.29, 0.717) is 11.4 Å². The first-order chi connectivity index (χ1) is 13.4. The average Bonchev–Trinajstić information content (AvgIpc) is 3.27. The lowest BCUT2D eigenvalue weighted by molar-refractivity contribution is 0.348. The van der Waals surface area contributed by atoms with Crippen molar-refractivity contribution in [3.8, 4) is 0 Å². The highest BCUT2D eigenvalue weighted by Crippen LogP contribution is 2.37. The Kier molecular flexibility index (Phi) is 5.17. The van der Waals surface area contributed by atoms with Crippen LogP contribution in [-0.2, 0) is 16.4 Å². The van der Waals surface area contributed by atoms with Crippen LogP contribution in [0.3, 0.4) is 0 Å². The summed E-state index contributed by atoms with van der Waals surface area (Å²) in [5.41, 5.74) is 12.0. The largest absolute Gasteiger partial charge is 0.399 e. The van der Waals surface area contributed by atoms with Gasteiger partial charge in [-0.05, 0) is 98.8 Å². The fraction of sp³-hybridized carbons (Fsp3) is 0.364. The summed E-state index contributed by atoms with van der Waals surface area (Å²) in [5.74, 6) is 0. The van der Waals surface area contributed by atoms with Crippen molar-refractivity contribution in [2.24, 2.45) is 0 Å².